The first-order chi connectivity index (χ1) is 10.6. The zero-order valence-corrected chi connectivity index (χ0v) is 13.7. The van der Waals surface area contributed by atoms with Crippen LogP contribution in [0.3, 0.4) is 0 Å². The van der Waals surface area contributed by atoms with E-state index in [0.29, 0.717) is 16.6 Å². The van der Waals surface area contributed by atoms with Crippen molar-refractivity contribution in [3.05, 3.63) is 39.5 Å². The number of halogens is 2. The first-order valence-electron chi connectivity index (χ1n) is 6.71. The van der Waals surface area contributed by atoms with Crippen LogP contribution in [0.1, 0.15) is 11.3 Å². The normalized spacial score (nSPS) is 13.7. The van der Waals surface area contributed by atoms with Gasteiger partial charge in [-0.1, -0.05) is 29.3 Å². The molecule has 0 fully saturated rings. The second-order valence-corrected chi connectivity index (χ2v) is 6.93. The van der Waals surface area contributed by atoms with Gasteiger partial charge in [0.1, 0.15) is 5.03 Å². The van der Waals surface area contributed by atoms with Crippen molar-refractivity contribution >= 4 is 51.9 Å². The minimum atomic E-state index is 0.277. The number of aromatic nitrogens is 4. The molecule has 22 heavy (non-hydrogen) atoms. The standard InChI is InChI=1S/C14H11Cl2N5S/c15-8-2-1-7(5-9(8)16)6-21-12-11-10(20-21)3-4-22-13(11)19-14(17)18-12/h1-2,5H,3-4,6H2,(H2,17,18,19). The summed E-state index contributed by atoms with van der Waals surface area (Å²) in [5, 5.41) is 7.69. The highest BCUT2D eigenvalue weighted by Crippen LogP contribution is 2.34. The fraction of sp³-hybridized carbons (Fsp3) is 0.214. The van der Waals surface area contributed by atoms with E-state index in [9.17, 15) is 0 Å². The fourth-order valence-electron chi connectivity index (χ4n) is 2.57. The summed E-state index contributed by atoms with van der Waals surface area (Å²) in [5.41, 5.74) is 8.64. The van der Waals surface area contributed by atoms with E-state index in [1.165, 1.54) is 0 Å². The number of thioether (sulfide) groups is 1. The molecule has 0 saturated carbocycles. The van der Waals surface area contributed by atoms with Gasteiger partial charge in [0.15, 0.2) is 5.65 Å². The van der Waals surface area contributed by atoms with Crippen molar-refractivity contribution in [2.45, 2.75) is 18.0 Å². The Morgan fingerprint density at radius 3 is 2.91 bits per heavy atom. The zero-order chi connectivity index (χ0) is 15.3. The highest BCUT2D eigenvalue weighted by Gasteiger charge is 2.22. The molecule has 4 rings (SSSR count). The summed E-state index contributed by atoms with van der Waals surface area (Å²) in [6, 6.07) is 5.56. The van der Waals surface area contributed by atoms with Crippen LogP contribution in [0, 0.1) is 0 Å². The second kappa shape index (κ2) is 5.30. The Morgan fingerprint density at radius 2 is 2.09 bits per heavy atom. The summed E-state index contributed by atoms with van der Waals surface area (Å²) in [5.74, 6) is 1.24. The van der Waals surface area contributed by atoms with E-state index in [1.807, 2.05) is 16.8 Å². The third-order valence-electron chi connectivity index (χ3n) is 3.54. The van der Waals surface area contributed by atoms with Crippen LogP contribution in [-0.4, -0.2) is 25.5 Å². The molecule has 1 aliphatic rings. The molecule has 0 aliphatic carbocycles. The van der Waals surface area contributed by atoms with Gasteiger partial charge in [0.25, 0.3) is 0 Å². The predicted octanol–water partition coefficient (Wildman–Crippen LogP) is 3.41. The maximum Gasteiger partial charge on any atom is 0.223 e. The highest BCUT2D eigenvalue weighted by atomic mass is 35.5. The molecule has 112 valence electrons. The number of nitrogens with zero attached hydrogens (tertiary/aromatic N) is 4. The van der Waals surface area contributed by atoms with Gasteiger partial charge in [0.2, 0.25) is 5.95 Å². The van der Waals surface area contributed by atoms with E-state index in [4.69, 9.17) is 28.9 Å². The molecule has 0 atom stereocenters. The Labute approximate surface area is 140 Å². The minimum Gasteiger partial charge on any atom is -0.368 e. The minimum absolute atomic E-state index is 0.277. The van der Waals surface area contributed by atoms with Gasteiger partial charge in [-0.05, 0) is 17.7 Å². The lowest BCUT2D eigenvalue weighted by Gasteiger charge is -2.08. The van der Waals surface area contributed by atoms with Crippen molar-refractivity contribution in [3.8, 4) is 0 Å². The molecule has 3 aromatic rings. The summed E-state index contributed by atoms with van der Waals surface area (Å²) in [4.78, 5) is 8.69. The van der Waals surface area contributed by atoms with Crippen molar-refractivity contribution in [2.75, 3.05) is 11.5 Å². The van der Waals surface area contributed by atoms with Gasteiger partial charge >= 0.3 is 0 Å². The van der Waals surface area contributed by atoms with E-state index >= 15 is 0 Å². The lowest BCUT2D eigenvalue weighted by molar-refractivity contribution is 0.690. The Morgan fingerprint density at radius 1 is 1.23 bits per heavy atom. The lowest BCUT2D eigenvalue weighted by atomic mass is 10.2. The van der Waals surface area contributed by atoms with E-state index in [-0.39, 0.29) is 5.95 Å². The van der Waals surface area contributed by atoms with Crippen LogP contribution in [0.4, 0.5) is 5.95 Å². The Bertz CT molecular complexity index is 893. The average Bonchev–Trinajstić information content (AvgIpc) is 2.82. The molecule has 0 radical (unpaired) electrons. The van der Waals surface area contributed by atoms with Crippen molar-refractivity contribution in [2.24, 2.45) is 0 Å². The van der Waals surface area contributed by atoms with Crippen LogP contribution in [-0.2, 0) is 13.0 Å². The third kappa shape index (κ3) is 2.31. The third-order valence-corrected chi connectivity index (χ3v) is 5.26. The summed E-state index contributed by atoms with van der Waals surface area (Å²) < 4.78 is 1.86. The van der Waals surface area contributed by atoms with Crippen LogP contribution in [0.2, 0.25) is 10.0 Å². The quantitative estimate of drug-likeness (QED) is 0.716. The summed E-state index contributed by atoms with van der Waals surface area (Å²) in [6.45, 7) is 0.563. The molecule has 0 spiro atoms. The topological polar surface area (TPSA) is 69.6 Å². The number of aryl methyl sites for hydroxylation is 1. The molecule has 5 nitrogen and oxygen atoms in total. The SMILES string of the molecule is Nc1nc2c3c(nn(Cc4ccc(Cl)c(Cl)c4)c3n1)CCS2. The van der Waals surface area contributed by atoms with Crippen LogP contribution < -0.4 is 5.73 Å². The number of nitrogen functional groups attached to an aromatic ring is 1. The Hall–Kier alpha value is -1.50. The molecule has 0 unspecified atom stereocenters. The second-order valence-electron chi connectivity index (χ2n) is 5.04. The molecule has 1 aromatic carbocycles. The van der Waals surface area contributed by atoms with Gasteiger partial charge < -0.3 is 5.73 Å². The van der Waals surface area contributed by atoms with Crippen LogP contribution in [0.15, 0.2) is 23.2 Å². The number of anilines is 1. The molecule has 8 heteroatoms. The van der Waals surface area contributed by atoms with Gasteiger partial charge in [-0.2, -0.15) is 10.1 Å². The maximum absolute atomic E-state index is 6.08. The van der Waals surface area contributed by atoms with E-state index in [2.05, 4.69) is 15.1 Å². The molecule has 0 saturated heterocycles. The highest BCUT2D eigenvalue weighted by molar-refractivity contribution is 7.99. The molecular formula is C14H11Cl2N5S. The molecule has 0 bridgehead atoms. The first-order valence-corrected chi connectivity index (χ1v) is 8.45. The van der Waals surface area contributed by atoms with Crippen LogP contribution in [0.5, 0.6) is 0 Å². The molecule has 2 N–H and O–H groups in total. The molecule has 1 aliphatic heterocycles. The van der Waals surface area contributed by atoms with E-state index in [1.54, 1.807) is 17.8 Å². The number of hydrogen-bond donors (Lipinski definition) is 1. The summed E-state index contributed by atoms with van der Waals surface area (Å²) in [7, 11) is 0. The lowest BCUT2D eigenvalue weighted by Crippen LogP contribution is -2.05. The molecule has 3 heterocycles. The van der Waals surface area contributed by atoms with E-state index in [0.717, 1.165) is 39.5 Å². The predicted molar refractivity (Wildman–Crippen MR) is 89.7 cm³/mol. The number of hydrogen-bond acceptors (Lipinski definition) is 5. The monoisotopic (exact) mass is 351 g/mol. The zero-order valence-electron chi connectivity index (χ0n) is 11.4. The molecule has 2 aromatic heterocycles. The first kappa shape index (κ1) is 14.1. The van der Waals surface area contributed by atoms with Crippen molar-refractivity contribution in [1.29, 1.82) is 0 Å². The number of rotatable bonds is 2. The number of benzene rings is 1. The van der Waals surface area contributed by atoms with Gasteiger partial charge in [-0.3, -0.25) is 0 Å². The van der Waals surface area contributed by atoms with Gasteiger partial charge in [0, 0.05) is 12.2 Å². The van der Waals surface area contributed by atoms with Crippen molar-refractivity contribution < 1.29 is 0 Å². The fourth-order valence-corrected chi connectivity index (χ4v) is 3.89. The van der Waals surface area contributed by atoms with Crippen LogP contribution >= 0.6 is 35.0 Å². The average molecular weight is 352 g/mol. The number of nitrogens with two attached hydrogens (primary N) is 1. The maximum atomic E-state index is 6.08. The van der Waals surface area contributed by atoms with E-state index < -0.39 is 0 Å². The van der Waals surface area contributed by atoms with Gasteiger partial charge in [-0.15, -0.1) is 11.8 Å². The molecular weight excluding hydrogens is 341 g/mol. The van der Waals surface area contributed by atoms with Gasteiger partial charge in [0.05, 0.1) is 27.7 Å². The molecule has 0 amide bonds. The Kier molecular flexibility index (Phi) is 3.40. The van der Waals surface area contributed by atoms with Crippen LogP contribution in [0.25, 0.3) is 11.0 Å². The van der Waals surface area contributed by atoms with Gasteiger partial charge in [-0.25, -0.2) is 9.67 Å². The Balaban J connectivity index is 1.84. The van der Waals surface area contributed by atoms with Crippen molar-refractivity contribution in [3.63, 3.8) is 0 Å². The summed E-state index contributed by atoms with van der Waals surface area (Å²) in [6.07, 6.45) is 0.913. The smallest absolute Gasteiger partial charge is 0.223 e. The largest absolute Gasteiger partial charge is 0.368 e. The summed E-state index contributed by atoms with van der Waals surface area (Å²) >= 11 is 13.7. The van der Waals surface area contributed by atoms with Crippen molar-refractivity contribution in [1.82, 2.24) is 19.7 Å².